The van der Waals surface area contributed by atoms with Crippen molar-refractivity contribution < 1.29 is 14.3 Å². The first-order valence-electron chi connectivity index (χ1n) is 9.11. The standard InChI is InChI=1S/C17H31N3O3/c18-14-17(3-11-23-12-4-17)16(21)20-7-5-19(6-8-20)13-15-1-9-22-10-2-15/h15H,1-14,18H2. The monoisotopic (exact) mass is 325 g/mol. The van der Waals surface area contributed by atoms with Crippen molar-refractivity contribution in [2.75, 3.05) is 65.7 Å². The summed E-state index contributed by atoms with van der Waals surface area (Å²) in [4.78, 5) is 17.5. The lowest BCUT2D eigenvalue weighted by Gasteiger charge is -2.43. The Balaban J connectivity index is 1.48. The van der Waals surface area contributed by atoms with Gasteiger partial charge in [-0.25, -0.2) is 0 Å². The lowest BCUT2D eigenvalue weighted by Crippen LogP contribution is -2.56. The number of amides is 1. The van der Waals surface area contributed by atoms with Gasteiger partial charge in [0.2, 0.25) is 5.91 Å². The molecule has 0 saturated carbocycles. The minimum Gasteiger partial charge on any atom is -0.381 e. The summed E-state index contributed by atoms with van der Waals surface area (Å²) in [7, 11) is 0. The summed E-state index contributed by atoms with van der Waals surface area (Å²) in [6.45, 7) is 8.38. The number of hydrogen-bond acceptors (Lipinski definition) is 5. The lowest BCUT2D eigenvalue weighted by molar-refractivity contribution is -0.149. The fourth-order valence-corrected chi connectivity index (χ4v) is 4.03. The largest absolute Gasteiger partial charge is 0.381 e. The van der Waals surface area contributed by atoms with E-state index in [0.717, 1.165) is 64.7 Å². The minimum atomic E-state index is -0.374. The summed E-state index contributed by atoms with van der Waals surface area (Å²) in [5, 5.41) is 0. The molecule has 0 aromatic carbocycles. The Morgan fingerprint density at radius 1 is 1.00 bits per heavy atom. The van der Waals surface area contributed by atoms with Gasteiger partial charge in [-0.15, -0.1) is 0 Å². The van der Waals surface area contributed by atoms with Crippen LogP contribution in [0, 0.1) is 11.3 Å². The Hall–Kier alpha value is -0.690. The first-order valence-corrected chi connectivity index (χ1v) is 9.11. The molecule has 0 bridgehead atoms. The molecule has 0 aromatic rings. The second-order valence-corrected chi connectivity index (χ2v) is 7.25. The van der Waals surface area contributed by atoms with Crippen LogP contribution in [0.5, 0.6) is 0 Å². The Labute approximate surface area is 139 Å². The maximum Gasteiger partial charge on any atom is 0.230 e. The maximum atomic E-state index is 13.0. The van der Waals surface area contributed by atoms with E-state index >= 15 is 0 Å². The topological polar surface area (TPSA) is 68.0 Å². The van der Waals surface area contributed by atoms with Gasteiger partial charge in [0.1, 0.15) is 0 Å². The van der Waals surface area contributed by atoms with Crippen LogP contribution in [0.1, 0.15) is 25.7 Å². The van der Waals surface area contributed by atoms with Crippen molar-refractivity contribution >= 4 is 5.91 Å². The number of rotatable bonds is 4. The molecule has 0 unspecified atom stereocenters. The van der Waals surface area contributed by atoms with Gasteiger partial charge in [0.05, 0.1) is 5.41 Å². The molecule has 3 saturated heterocycles. The molecule has 132 valence electrons. The van der Waals surface area contributed by atoms with E-state index < -0.39 is 0 Å². The Morgan fingerprint density at radius 2 is 1.61 bits per heavy atom. The normalized spacial score (nSPS) is 27.1. The fraction of sp³-hybridized carbons (Fsp3) is 0.941. The van der Waals surface area contributed by atoms with Gasteiger partial charge >= 0.3 is 0 Å². The molecule has 3 fully saturated rings. The number of hydrogen-bond donors (Lipinski definition) is 1. The van der Waals surface area contributed by atoms with E-state index in [2.05, 4.69) is 4.90 Å². The highest BCUT2D eigenvalue weighted by Crippen LogP contribution is 2.32. The first-order chi connectivity index (χ1) is 11.2. The molecule has 3 aliphatic rings. The van der Waals surface area contributed by atoms with Crippen LogP contribution in [0.15, 0.2) is 0 Å². The number of carbonyl (C=O) groups is 1. The third-order valence-electron chi connectivity index (χ3n) is 5.81. The van der Waals surface area contributed by atoms with Crippen molar-refractivity contribution in [2.24, 2.45) is 17.1 Å². The lowest BCUT2D eigenvalue weighted by atomic mass is 9.78. The summed E-state index contributed by atoms with van der Waals surface area (Å²) in [6, 6.07) is 0. The quantitative estimate of drug-likeness (QED) is 0.806. The summed E-state index contributed by atoms with van der Waals surface area (Å²) in [5.74, 6) is 1.02. The van der Waals surface area contributed by atoms with Crippen LogP contribution in [0.2, 0.25) is 0 Å². The smallest absolute Gasteiger partial charge is 0.230 e. The maximum absolute atomic E-state index is 13.0. The van der Waals surface area contributed by atoms with Crippen molar-refractivity contribution in [1.29, 1.82) is 0 Å². The number of carbonyl (C=O) groups excluding carboxylic acids is 1. The van der Waals surface area contributed by atoms with E-state index in [1.54, 1.807) is 0 Å². The summed E-state index contributed by atoms with van der Waals surface area (Å²) >= 11 is 0. The molecule has 6 nitrogen and oxygen atoms in total. The van der Waals surface area contributed by atoms with Gasteiger partial charge in [-0.05, 0) is 31.6 Å². The van der Waals surface area contributed by atoms with Crippen LogP contribution >= 0.6 is 0 Å². The van der Waals surface area contributed by atoms with Crippen molar-refractivity contribution in [2.45, 2.75) is 25.7 Å². The van der Waals surface area contributed by atoms with Crippen LogP contribution in [0.25, 0.3) is 0 Å². The zero-order valence-corrected chi connectivity index (χ0v) is 14.2. The van der Waals surface area contributed by atoms with Gasteiger partial charge in [-0.2, -0.15) is 0 Å². The molecule has 0 aliphatic carbocycles. The fourth-order valence-electron chi connectivity index (χ4n) is 4.03. The highest BCUT2D eigenvalue weighted by Gasteiger charge is 2.42. The zero-order chi connectivity index (χ0) is 16.1. The average molecular weight is 325 g/mol. The van der Waals surface area contributed by atoms with Gasteiger partial charge in [0.25, 0.3) is 0 Å². The number of piperazine rings is 1. The van der Waals surface area contributed by atoms with Crippen LogP contribution in [0.3, 0.4) is 0 Å². The van der Waals surface area contributed by atoms with E-state index in [9.17, 15) is 4.79 Å². The van der Waals surface area contributed by atoms with Gasteiger partial charge in [0.15, 0.2) is 0 Å². The van der Waals surface area contributed by atoms with E-state index in [1.807, 2.05) is 4.90 Å². The van der Waals surface area contributed by atoms with E-state index in [0.29, 0.717) is 19.8 Å². The predicted octanol–water partition coefficient (Wildman–Crippen LogP) is 0.313. The zero-order valence-electron chi connectivity index (χ0n) is 14.2. The molecule has 3 rings (SSSR count). The van der Waals surface area contributed by atoms with E-state index in [4.69, 9.17) is 15.2 Å². The summed E-state index contributed by atoms with van der Waals surface area (Å²) in [6.07, 6.45) is 3.89. The highest BCUT2D eigenvalue weighted by molar-refractivity contribution is 5.83. The highest BCUT2D eigenvalue weighted by atomic mass is 16.5. The summed E-state index contributed by atoms with van der Waals surface area (Å²) < 4.78 is 10.9. The van der Waals surface area contributed by atoms with Crippen molar-refractivity contribution in [3.63, 3.8) is 0 Å². The molecule has 0 aromatic heterocycles. The van der Waals surface area contributed by atoms with E-state index in [1.165, 1.54) is 12.8 Å². The molecule has 0 spiro atoms. The minimum absolute atomic E-state index is 0.258. The molecular formula is C17H31N3O3. The number of nitrogens with two attached hydrogens (primary N) is 1. The Morgan fingerprint density at radius 3 is 2.22 bits per heavy atom. The molecule has 1 amide bonds. The van der Waals surface area contributed by atoms with Crippen molar-refractivity contribution in [3.05, 3.63) is 0 Å². The molecule has 3 heterocycles. The summed E-state index contributed by atoms with van der Waals surface area (Å²) in [5.41, 5.74) is 5.60. The molecule has 0 radical (unpaired) electrons. The molecule has 0 atom stereocenters. The second-order valence-electron chi connectivity index (χ2n) is 7.25. The number of ether oxygens (including phenoxy) is 2. The van der Waals surface area contributed by atoms with Gasteiger partial charge in [-0.3, -0.25) is 9.69 Å². The predicted molar refractivity (Wildman–Crippen MR) is 88.1 cm³/mol. The molecule has 2 N–H and O–H groups in total. The van der Waals surface area contributed by atoms with Crippen LogP contribution in [0.4, 0.5) is 0 Å². The second kappa shape index (κ2) is 7.92. The van der Waals surface area contributed by atoms with E-state index in [-0.39, 0.29) is 11.3 Å². The third-order valence-corrected chi connectivity index (χ3v) is 5.81. The molecular weight excluding hydrogens is 294 g/mol. The van der Waals surface area contributed by atoms with Gasteiger partial charge in [0, 0.05) is 65.7 Å². The third kappa shape index (κ3) is 4.05. The van der Waals surface area contributed by atoms with Gasteiger partial charge in [-0.1, -0.05) is 0 Å². The van der Waals surface area contributed by atoms with Crippen molar-refractivity contribution in [3.8, 4) is 0 Å². The van der Waals surface area contributed by atoms with Crippen LogP contribution < -0.4 is 5.73 Å². The first kappa shape index (κ1) is 17.1. The van der Waals surface area contributed by atoms with Crippen LogP contribution in [-0.2, 0) is 14.3 Å². The number of nitrogens with zero attached hydrogens (tertiary/aromatic N) is 2. The Bertz CT molecular complexity index is 385. The molecule has 23 heavy (non-hydrogen) atoms. The Kier molecular flexibility index (Phi) is 5.91. The van der Waals surface area contributed by atoms with Crippen molar-refractivity contribution in [1.82, 2.24) is 9.80 Å². The van der Waals surface area contributed by atoms with Crippen LogP contribution in [-0.4, -0.2) is 81.4 Å². The molecule has 3 aliphatic heterocycles. The SMILES string of the molecule is NCC1(C(=O)N2CCN(CC3CCOCC3)CC2)CCOCC1. The van der Waals surface area contributed by atoms with Gasteiger partial charge < -0.3 is 20.1 Å². The average Bonchev–Trinajstić information content (AvgIpc) is 2.63. The molecule has 6 heteroatoms.